The molecule has 0 saturated carbocycles. The third-order valence-corrected chi connectivity index (χ3v) is 4.14. The van der Waals surface area contributed by atoms with Crippen LogP contribution in [0.15, 0.2) is 66.8 Å². The van der Waals surface area contributed by atoms with Gasteiger partial charge in [0.05, 0.1) is 0 Å². The summed E-state index contributed by atoms with van der Waals surface area (Å²) in [5.41, 5.74) is -0.619. The van der Waals surface area contributed by atoms with Crippen LogP contribution in [0.2, 0.25) is 0 Å². The van der Waals surface area contributed by atoms with E-state index in [1.54, 1.807) is 30.4 Å². The molecular formula is C19H20O3. The standard InChI is InChI=1S/C19H20O3/c1-5-16(20)19(22-4)12-11-15(13-18(19,2)3)17(21)14-9-7-6-8-10-14/h5-13H,1H2,2-4H3. The molecule has 0 fully saturated rings. The van der Waals surface area contributed by atoms with Gasteiger partial charge < -0.3 is 4.74 Å². The number of carbonyl (C=O) groups is 2. The molecule has 3 heteroatoms. The molecule has 1 aromatic carbocycles. The van der Waals surface area contributed by atoms with Gasteiger partial charge in [0.15, 0.2) is 17.2 Å². The second-order valence-electron chi connectivity index (χ2n) is 5.86. The number of rotatable bonds is 5. The van der Waals surface area contributed by atoms with Crippen LogP contribution in [-0.4, -0.2) is 24.3 Å². The normalized spacial score (nSPS) is 22.8. The van der Waals surface area contributed by atoms with Gasteiger partial charge in [0.25, 0.3) is 0 Å². The van der Waals surface area contributed by atoms with Gasteiger partial charge in [-0.25, -0.2) is 0 Å². The molecule has 0 spiro atoms. The Bertz CT molecular complexity index is 665. The number of benzene rings is 1. The molecule has 2 rings (SSSR count). The maximum absolute atomic E-state index is 12.6. The first-order chi connectivity index (χ1) is 10.4. The number of carbonyl (C=O) groups excluding carboxylic acids is 2. The van der Waals surface area contributed by atoms with E-state index in [0.29, 0.717) is 11.1 Å². The number of allylic oxidation sites excluding steroid dienone is 2. The lowest BCUT2D eigenvalue weighted by molar-refractivity contribution is -0.139. The van der Waals surface area contributed by atoms with E-state index in [1.165, 1.54) is 13.2 Å². The van der Waals surface area contributed by atoms with Gasteiger partial charge in [0, 0.05) is 23.7 Å². The molecule has 0 amide bonds. The van der Waals surface area contributed by atoms with Gasteiger partial charge in [-0.3, -0.25) is 9.59 Å². The molecule has 0 heterocycles. The maximum Gasteiger partial charge on any atom is 0.192 e. The van der Waals surface area contributed by atoms with Crippen LogP contribution in [0.5, 0.6) is 0 Å². The molecule has 1 atom stereocenters. The highest BCUT2D eigenvalue weighted by atomic mass is 16.5. The summed E-state index contributed by atoms with van der Waals surface area (Å²) in [5.74, 6) is -0.292. The smallest absolute Gasteiger partial charge is 0.192 e. The van der Waals surface area contributed by atoms with E-state index in [9.17, 15) is 9.59 Å². The molecule has 0 bridgehead atoms. The van der Waals surface area contributed by atoms with Crippen LogP contribution in [0.1, 0.15) is 24.2 Å². The van der Waals surface area contributed by atoms with Crippen LogP contribution < -0.4 is 0 Å². The monoisotopic (exact) mass is 296 g/mol. The van der Waals surface area contributed by atoms with Crippen molar-refractivity contribution in [2.45, 2.75) is 19.4 Å². The molecule has 0 N–H and O–H groups in total. The summed E-state index contributed by atoms with van der Waals surface area (Å²) in [6.07, 6.45) is 6.37. The van der Waals surface area contributed by atoms with Crippen molar-refractivity contribution < 1.29 is 14.3 Å². The van der Waals surface area contributed by atoms with Crippen LogP contribution >= 0.6 is 0 Å². The zero-order valence-corrected chi connectivity index (χ0v) is 13.1. The van der Waals surface area contributed by atoms with E-state index in [-0.39, 0.29) is 11.6 Å². The predicted molar refractivity (Wildman–Crippen MR) is 86.7 cm³/mol. The average Bonchev–Trinajstić information content (AvgIpc) is 2.53. The Labute approximate surface area is 131 Å². The summed E-state index contributed by atoms with van der Waals surface area (Å²) in [6, 6.07) is 9.07. The van der Waals surface area contributed by atoms with Crippen molar-refractivity contribution >= 4 is 11.6 Å². The second kappa shape index (κ2) is 5.85. The van der Waals surface area contributed by atoms with Gasteiger partial charge >= 0.3 is 0 Å². The van der Waals surface area contributed by atoms with E-state index in [2.05, 4.69) is 6.58 Å². The number of Topliss-reactive ketones (excluding diaryl/α,β-unsaturated/α-hetero) is 1. The van der Waals surface area contributed by atoms with Gasteiger partial charge in [-0.2, -0.15) is 0 Å². The minimum Gasteiger partial charge on any atom is -0.365 e. The quantitative estimate of drug-likeness (QED) is 0.616. The summed E-state index contributed by atoms with van der Waals surface area (Å²) in [6.45, 7) is 7.29. The molecule has 0 saturated heterocycles. The first-order valence-corrected chi connectivity index (χ1v) is 7.12. The van der Waals surface area contributed by atoms with Crippen molar-refractivity contribution in [3.63, 3.8) is 0 Å². The lowest BCUT2D eigenvalue weighted by atomic mass is 9.67. The van der Waals surface area contributed by atoms with Crippen molar-refractivity contribution in [3.8, 4) is 0 Å². The Kier molecular flexibility index (Phi) is 4.29. The summed E-state index contributed by atoms with van der Waals surface area (Å²) in [5, 5.41) is 0. The highest BCUT2D eigenvalue weighted by molar-refractivity contribution is 6.11. The van der Waals surface area contributed by atoms with Crippen molar-refractivity contribution in [3.05, 3.63) is 72.4 Å². The molecule has 0 radical (unpaired) electrons. The minimum absolute atomic E-state index is 0.0688. The largest absolute Gasteiger partial charge is 0.365 e. The molecular weight excluding hydrogens is 276 g/mol. The van der Waals surface area contributed by atoms with E-state index in [1.807, 2.05) is 32.0 Å². The van der Waals surface area contributed by atoms with Gasteiger partial charge in [-0.15, -0.1) is 0 Å². The van der Waals surface area contributed by atoms with Gasteiger partial charge in [0.1, 0.15) is 0 Å². The van der Waals surface area contributed by atoms with Crippen molar-refractivity contribution in [2.75, 3.05) is 7.11 Å². The number of methoxy groups -OCH3 is 1. The van der Waals surface area contributed by atoms with E-state index >= 15 is 0 Å². The zero-order chi connectivity index (χ0) is 16.4. The van der Waals surface area contributed by atoms with Crippen LogP contribution in [0.25, 0.3) is 0 Å². The molecule has 1 aliphatic rings. The van der Waals surface area contributed by atoms with Crippen LogP contribution in [0.4, 0.5) is 0 Å². The highest BCUT2D eigenvalue weighted by Crippen LogP contribution is 2.42. The summed E-state index contributed by atoms with van der Waals surface area (Å²) >= 11 is 0. The Morgan fingerprint density at radius 1 is 1.18 bits per heavy atom. The Hall–Kier alpha value is -2.26. The number of hydrogen-bond donors (Lipinski definition) is 0. The summed E-state index contributed by atoms with van der Waals surface area (Å²) in [4.78, 5) is 24.8. The lowest BCUT2D eigenvalue weighted by Gasteiger charge is -2.42. The molecule has 1 unspecified atom stereocenters. The fraction of sp³-hybridized carbons (Fsp3) is 0.263. The zero-order valence-electron chi connectivity index (χ0n) is 13.1. The number of ether oxygens (including phenoxy) is 1. The number of hydrogen-bond acceptors (Lipinski definition) is 3. The summed E-state index contributed by atoms with van der Waals surface area (Å²) in [7, 11) is 1.49. The molecule has 0 aromatic heterocycles. The molecule has 1 aliphatic carbocycles. The number of ketones is 2. The van der Waals surface area contributed by atoms with Crippen LogP contribution in [-0.2, 0) is 9.53 Å². The van der Waals surface area contributed by atoms with E-state index in [0.717, 1.165) is 0 Å². The molecule has 0 aliphatic heterocycles. The van der Waals surface area contributed by atoms with Crippen LogP contribution in [0.3, 0.4) is 0 Å². The average molecular weight is 296 g/mol. The van der Waals surface area contributed by atoms with Crippen molar-refractivity contribution in [1.82, 2.24) is 0 Å². The SMILES string of the molecule is C=CC(=O)C1(OC)C=CC(C(=O)c2ccccc2)=CC1(C)C. The topological polar surface area (TPSA) is 43.4 Å². The lowest BCUT2D eigenvalue weighted by Crippen LogP contribution is -2.51. The Balaban J connectivity index is 2.43. The molecule has 114 valence electrons. The Morgan fingerprint density at radius 2 is 1.82 bits per heavy atom. The molecule has 1 aromatic rings. The fourth-order valence-corrected chi connectivity index (χ4v) is 2.85. The molecule has 22 heavy (non-hydrogen) atoms. The second-order valence-corrected chi connectivity index (χ2v) is 5.86. The Morgan fingerprint density at radius 3 is 2.32 bits per heavy atom. The van der Waals surface area contributed by atoms with Gasteiger partial charge in [-0.1, -0.05) is 62.9 Å². The first kappa shape index (κ1) is 16.1. The van der Waals surface area contributed by atoms with E-state index in [4.69, 9.17) is 4.74 Å². The third-order valence-electron chi connectivity index (χ3n) is 4.14. The van der Waals surface area contributed by atoms with Gasteiger partial charge in [0.2, 0.25) is 0 Å². The highest BCUT2D eigenvalue weighted by Gasteiger charge is 2.49. The van der Waals surface area contributed by atoms with Crippen LogP contribution in [0, 0.1) is 5.41 Å². The van der Waals surface area contributed by atoms with E-state index < -0.39 is 11.0 Å². The first-order valence-electron chi connectivity index (χ1n) is 7.12. The maximum atomic E-state index is 12.6. The van der Waals surface area contributed by atoms with Gasteiger partial charge in [-0.05, 0) is 12.2 Å². The minimum atomic E-state index is -1.13. The van der Waals surface area contributed by atoms with Crippen molar-refractivity contribution in [1.29, 1.82) is 0 Å². The fourth-order valence-electron chi connectivity index (χ4n) is 2.85. The van der Waals surface area contributed by atoms with Crippen molar-refractivity contribution in [2.24, 2.45) is 5.41 Å². The summed E-state index contributed by atoms with van der Waals surface area (Å²) < 4.78 is 5.52. The molecule has 3 nitrogen and oxygen atoms in total. The predicted octanol–water partition coefficient (Wildman–Crippen LogP) is 3.53. The third kappa shape index (κ3) is 2.48.